The van der Waals surface area contributed by atoms with Crippen LogP contribution in [-0.4, -0.2) is 25.1 Å². The van der Waals surface area contributed by atoms with Crippen LogP contribution in [0.5, 0.6) is 11.5 Å². The fourth-order valence-corrected chi connectivity index (χ4v) is 8.24. The molecule has 7 nitrogen and oxygen atoms in total. The van der Waals surface area contributed by atoms with Gasteiger partial charge in [0.05, 0.1) is 5.41 Å². The summed E-state index contributed by atoms with van der Waals surface area (Å²) in [5, 5.41) is 9.18. The molecule has 0 fully saturated rings. The van der Waals surface area contributed by atoms with Gasteiger partial charge < -0.3 is 9.15 Å². The second-order valence-corrected chi connectivity index (χ2v) is 13.6. The van der Waals surface area contributed by atoms with Crippen LogP contribution in [0.2, 0.25) is 0 Å². The summed E-state index contributed by atoms with van der Waals surface area (Å²) in [6, 6.07) is 59.5. The summed E-state index contributed by atoms with van der Waals surface area (Å²) in [4.78, 5) is 15.2. The van der Waals surface area contributed by atoms with Crippen molar-refractivity contribution in [2.24, 2.45) is 0 Å². The number of rotatable bonds is 5. The van der Waals surface area contributed by atoms with Gasteiger partial charge in [-0.25, -0.2) is 15.0 Å². The van der Waals surface area contributed by atoms with Crippen LogP contribution in [0.15, 0.2) is 180 Å². The molecular weight excluding hydrogens is 679 g/mol. The molecule has 1 aliphatic heterocycles. The van der Waals surface area contributed by atoms with Crippen molar-refractivity contribution in [3.63, 3.8) is 0 Å². The van der Waals surface area contributed by atoms with Crippen LogP contribution in [0, 0.1) is 0 Å². The van der Waals surface area contributed by atoms with Gasteiger partial charge in [0, 0.05) is 38.9 Å². The first-order valence-corrected chi connectivity index (χ1v) is 18.2. The third-order valence-corrected chi connectivity index (χ3v) is 10.6. The van der Waals surface area contributed by atoms with E-state index < -0.39 is 5.41 Å². The Hall–Kier alpha value is -7.51. The number of nitrogens with zero attached hydrogens (tertiary/aromatic N) is 5. The van der Waals surface area contributed by atoms with E-state index in [0.717, 1.165) is 72.7 Å². The SMILES string of the molecule is c1ccc(-c2nc(-c3ccccc3)nc(-c3ccc4c(c3)C3(c5ccccc5Oc5ccccc53)c3c(-c5nnc(-c6ccccc6)o5)cccc3-4)n2)cc1. The second kappa shape index (κ2) is 12.3. The van der Waals surface area contributed by atoms with E-state index in [-0.39, 0.29) is 0 Å². The maximum Gasteiger partial charge on any atom is 0.248 e. The van der Waals surface area contributed by atoms with E-state index in [1.54, 1.807) is 0 Å². The Bertz CT molecular complexity index is 2810. The van der Waals surface area contributed by atoms with Crippen LogP contribution < -0.4 is 4.74 Å². The number of hydrogen-bond acceptors (Lipinski definition) is 7. The Kier molecular flexibility index (Phi) is 6.94. The first-order chi connectivity index (χ1) is 27.3. The van der Waals surface area contributed by atoms with Gasteiger partial charge in [-0.05, 0) is 58.7 Å². The van der Waals surface area contributed by atoms with E-state index in [1.807, 2.05) is 115 Å². The zero-order chi connectivity index (χ0) is 36.3. The van der Waals surface area contributed by atoms with Crippen molar-refractivity contribution in [3.8, 4) is 79.7 Å². The van der Waals surface area contributed by atoms with Gasteiger partial charge in [-0.15, -0.1) is 10.2 Å². The van der Waals surface area contributed by atoms with Crippen molar-refractivity contribution in [2.45, 2.75) is 5.41 Å². The fraction of sp³-hybridized carbons (Fsp3) is 0.0208. The minimum Gasteiger partial charge on any atom is -0.457 e. The summed E-state index contributed by atoms with van der Waals surface area (Å²) in [7, 11) is 0. The normalized spacial score (nSPS) is 13.0. The molecule has 11 rings (SSSR count). The molecule has 0 atom stereocenters. The lowest BCUT2D eigenvalue weighted by Crippen LogP contribution is -2.32. The Morgan fingerprint density at radius 3 is 1.49 bits per heavy atom. The van der Waals surface area contributed by atoms with Crippen LogP contribution >= 0.6 is 0 Å². The van der Waals surface area contributed by atoms with Crippen molar-refractivity contribution < 1.29 is 9.15 Å². The summed E-state index contributed by atoms with van der Waals surface area (Å²) >= 11 is 0. The third-order valence-electron chi connectivity index (χ3n) is 10.6. The molecular formula is C48H29N5O2. The van der Waals surface area contributed by atoms with E-state index in [2.05, 4.69) is 70.9 Å². The molecule has 258 valence electrons. The number of para-hydroxylation sites is 2. The van der Waals surface area contributed by atoms with E-state index in [1.165, 1.54) is 0 Å². The number of ether oxygens (including phenoxy) is 1. The first-order valence-electron chi connectivity index (χ1n) is 18.2. The molecule has 2 aromatic heterocycles. The number of fused-ring (bicyclic) bond motifs is 9. The number of hydrogen-bond donors (Lipinski definition) is 0. The largest absolute Gasteiger partial charge is 0.457 e. The van der Waals surface area contributed by atoms with E-state index >= 15 is 0 Å². The highest BCUT2D eigenvalue weighted by atomic mass is 16.5. The fourth-order valence-electron chi connectivity index (χ4n) is 8.24. The molecule has 0 amide bonds. The van der Waals surface area contributed by atoms with Gasteiger partial charge in [0.25, 0.3) is 0 Å². The van der Waals surface area contributed by atoms with Gasteiger partial charge in [-0.1, -0.05) is 140 Å². The van der Waals surface area contributed by atoms with Crippen LogP contribution in [0.4, 0.5) is 0 Å². The highest BCUT2D eigenvalue weighted by molar-refractivity contribution is 5.94. The zero-order valence-corrected chi connectivity index (χ0v) is 29.3. The first kappa shape index (κ1) is 31.1. The van der Waals surface area contributed by atoms with Crippen LogP contribution in [0.1, 0.15) is 22.3 Å². The van der Waals surface area contributed by atoms with Gasteiger partial charge >= 0.3 is 0 Å². The van der Waals surface area contributed by atoms with Gasteiger partial charge in [-0.3, -0.25) is 0 Å². The van der Waals surface area contributed by atoms with Gasteiger partial charge in [0.1, 0.15) is 11.5 Å². The molecule has 1 aliphatic carbocycles. The van der Waals surface area contributed by atoms with Crippen molar-refractivity contribution >= 4 is 0 Å². The summed E-state index contributed by atoms with van der Waals surface area (Å²) in [6.07, 6.45) is 0. The van der Waals surface area contributed by atoms with Crippen LogP contribution in [0.25, 0.3) is 68.2 Å². The average Bonchev–Trinajstić information content (AvgIpc) is 3.87. The molecule has 9 aromatic rings. The molecule has 0 saturated heterocycles. The molecule has 55 heavy (non-hydrogen) atoms. The molecule has 1 spiro atoms. The Labute approximate surface area is 316 Å². The molecule has 2 aliphatic rings. The number of aromatic nitrogens is 5. The lowest BCUT2D eigenvalue weighted by Gasteiger charge is -2.40. The van der Waals surface area contributed by atoms with Crippen molar-refractivity contribution in [1.82, 2.24) is 25.1 Å². The van der Waals surface area contributed by atoms with Gasteiger partial charge in [0.15, 0.2) is 17.5 Å². The lowest BCUT2D eigenvalue weighted by atomic mass is 9.65. The summed E-state index contributed by atoms with van der Waals surface area (Å²) in [6.45, 7) is 0. The minimum atomic E-state index is -0.818. The molecule has 0 saturated carbocycles. The van der Waals surface area contributed by atoms with E-state index in [9.17, 15) is 0 Å². The van der Waals surface area contributed by atoms with Crippen LogP contribution in [0.3, 0.4) is 0 Å². The summed E-state index contributed by atoms with van der Waals surface area (Å²) in [5.41, 5.74) is 9.95. The molecule has 0 unspecified atom stereocenters. The standard InChI is InChI=1S/C48H29N5O2/c1-4-15-30(16-5-1)43-49-44(31-17-6-2-7-18-31)51-45(50-43)33-27-28-34-35-21-14-22-36(47-53-52-46(55-47)32-19-8-3-9-20-32)42(35)48(39(34)29-33)37-23-10-12-25-40(37)54-41-26-13-11-24-38(41)48/h1-29H. The maximum absolute atomic E-state index is 6.66. The van der Waals surface area contributed by atoms with E-state index in [0.29, 0.717) is 29.3 Å². The predicted molar refractivity (Wildman–Crippen MR) is 212 cm³/mol. The topological polar surface area (TPSA) is 86.8 Å². The Morgan fingerprint density at radius 1 is 0.364 bits per heavy atom. The maximum atomic E-state index is 6.66. The molecule has 3 heterocycles. The summed E-state index contributed by atoms with van der Waals surface area (Å²) < 4.78 is 13.2. The quantitative estimate of drug-likeness (QED) is 0.176. The van der Waals surface area contributed by atoms with E-state index in [4.69, 9.17) is 24.1 Å². The zero-order valence-electron chi connectivity index (χ0n) is 29.3. The molecule has 0 bridgehead atoms. The lowest BCUT2D eigenvalue weighted by molar-refractivity contribution is 0.436. The van der Waals surface area contributed by atoms with Gasteiger partial charge in [0.2, 0.25) is 11.8 Å². The van der Waals surface area contributed by atoms with Crippen molar-refractivity contribution in [1.29, 1.82) is 0 Å². The Balaban J connectivity index is 1.19. The third kappa shape index (κ3) is 4.80. The number of benzene rings is 7. The molecule has 7 heteroatoms. The molecule has 7 aromatic carbocycles. The van der Waals surface area contributed by atoms with Crippen molar-refractivity contribution in [3.05, 3.63) is 198 Å². The molecule has 0 N–H and O–H groups in total. The smallest absolute Gasteiger partial charge is 0.248 e. The van der Waals surface area contributed by atoms with Crippen molar-refractivity contribution in [2.75, 3.05) is 0 Å². The predicted octanol–water partition coefficient (Wildman–Crippen LogP) is 11.1. The Morgan fingerprint density at radius 2 is 0.873 bits per heavy atom. The monoisotopic (exact) mass is 707 g/mol. The minimum absolute atomic E-state index is 0.446. The molecule has 0 radical (unpaired) electrons. The second-order valence-electron chi connectivity index (χ2n) is 13.6. The van der Waals surface area contributed by atoms with Crippen LogP contribution in [-0.2, 0) is 5.41 Å². The highest BCUT2D eigenvalue weighted by Crippen LogP contribution is 2.64. The summed E-state index contributed by atoms with van der Waals surface area (Å²) in [5.74, 6) is 4.28. The highest BCUT2D eigenvalue weighted by Gasteiger charge is 2.53. The average molecular weight is 708 g/mol. The van der Waals surface area contributed by atoms with Gasteiger partial charge in [-0.2, -0.15) is 0 Å².